The van der Waals surface area contributed by atoms with Crippen molar-refractivity contribution in [3.63, 3.8) is 0 Å². The molecule has 2 amide bonds. The van der Waals surface area contributed by atoms with Gasteiger partial charge in [-0.3, -0.25) is 4.79 Å². The molecule has 0 unspecified atom stereocenters. The van der Waals surface area contributed by atoms with E-state index in [-0.39, 0.29) is 23.7 Å². The van der Waals surface area contributed by atoms with Crippen LogP contribution in [-0.4, -0.2) is 39.5 Å². The second kappa shape index (κ2) is 6.35. The molecule has 6 heteroatoms. The van der Waals surface area contributed by atoms with Crippen LogP contribution >= 0.6 is 0 Å². The van der Waals surface area contributed by atoms with E-state index in [0.29, 0.717) is 25.2 Å². The summed E-state index contributed by atoms with van der Waals surface area (Å²) in [5.74, 6) is 0.603. The number of hydrogen-bond donors (Lipinski definition) is 2. The third-order valence-electron chi connectivity index (χ3n) is 5.20. The molecule has 0 radical (unpaired) electrons. The highest BCUT2D eigenvalue weighted by Crippen LogP contribution is 2.33. The number of hydrogen-bond acceptors (Lipinski definition) is 3. The van der Waals surface area contributed by atoms with E-state index in [2.05, 4.69) is 10.3 Å². The average molecular weight is 338 g/mol. The number of nitrogens with zero attached hydrogens (tertiary/aromatic N) is 2. The fourth-order valence-electron chi connectivity index (χ4n) is 4.05. The predicted octanol–water partition coefficient (Wildman–Crippen LogP) is 2.10. The maximum absolute atomic E-state index is 12.7. The summed E-state index contributed by atoms with van der Waals surface area (Å²) in [5, 5.41) is 2.90. The average Bonchev–Trinajstić information content (AvgIpc) is 2.91. The first-order chi connectivity index (χ1) is 12.2. The van der Waals surface area contributed by atoms with Gasteiger partial charge in [-0.2, -0.15) is 0 Å². The first-order valence-electron chi connectivity index (χ1n) is 8.91. The second-order valence-corrected chi connectivity index (χ2v) is 6.74. The monoisotopic (exact) mass is 338 g/mol. The number of urea groups is 1. The second-order valence-electron chi connectivity index (χ2n) is 6.74. The zero-order chi connectivity index (χ0) is 17.4. The van der Waals surface area contributed by atoms with Crippen LogP contribution in [0.1, 0.15) is 31.0 Å². The third kappa shape index (κ3) is 2.81. The summed E-state index contributed by atoms with van der Waals surface area (Å²) in [5.41, 5.74) is 2.40. The van der Waals surface area contributed by atoms with Crippen LogP contribution in [-0.2, 0) is 12.8 Å². The normalized spacial score (nSPS) is 21.6. The molecule has 2 aromatic rings. The molecule has 0 aliphatic carbocycles. The van der Waals surface area contributed by atoms with Crippen molar-refractivity contribution in [1.82, 2.24) is 20.2 Å². The van der Waals surface area contributed by atoms with Crippen LogP contribution in [0, 0.1) is 0 Å². The Morgan fingerprint density at radius 2 is 1.96 bits per heavy atom. The van der Waals surface area contributed by atoms with E-state index in [1.807, 2.05) is 42.2 Å². The molecule has 3 heterocycles. The number of benzene rings is 1. The van der Waals surface area contributed by atoms with Crippen molar-refractivity contribution >= 4 is 6.03 Å². The van der Waals surface area contributed by atoms with Crippen LogP contribution in [0.4, 0.5) is 4.79 Å². The van der Waals surface area contributed by atoms with Gasteiger partial charge in [0.05, 0.1) is 5.69 Å². The molecule has 0 saturated carbocycles. The van der Waals surface area contributed by atoms with Crippen LogP contribution in [0.25, 0.3) is 11.4 Å². The van der Waals surface area contributed by atoms with Crippen molar-refractivity contribution in [2.45, 2.75) is 44.7 Å². The molecule has 2 atom stereocenters. The molecule has 1 saturated heterocycles. The Kier molecular flexibility index (Phi) is 4.03. The van der Waals surface area contributed by atoms with Crippen molar-refractivity contribution in [1.29, 1.82) is 0 Å². The third-order valence-corrected chi connectivity index (χ3v) is 5.20. The quantitative estimate of drug-likeness (QED) is 0.880. The minimum Gasteiger partial charge on any atom is -0.338 e. The fourth-order valence-corrected chi connectivity index (χ4v) is 4.05. The van der Waals surface area contributed by atoms with Gasteiger partial charge in [0, 0.05) is 42.6 Å². The number of carbonyl (C=O) groups excluding carboxylic acids is 1. The van der Waals surface area contributed by atoms with Gasteiger partial charge in [-0.05, 0) is 19.8 Å². The smallest absolute Gasteiger partial charge is 0.317 e. The van der Waals surface area contributed by atoms with Gasteiger partial charge in [0.15, 0.2) is 0 Å². The minimum atomic E-state index is -0.0766. The van der Waals surface area contributed by atoms with Gasteiger partial charge < -0.3 is 15.2 Å². The molecule has 2 bridgehead atoms. The molecule has 1 aromatic carbocycles. The van der Waals surface area contributed by atoms with Gasteiger partial charge in [-0.1, -0.05) is 30.3 Å². The Balaban J connectivity index is 1.72. The number of aromatic nitrogens is 2. The van der Waals surface area contributed by atoms with Gasteiger partial charge in [-0.15, -0.1) is 0 Å². The van der Waals surface area contributed by atoms with Gasteiger partial charge in [0.25, 0.3) is 5.56 Å². The molecule has 130 valence electrons. The molecule has 1 fully saturated rings. The Morgan fingerprint density at radius 3 is 2.68 bits per heavy atom. The Morgan fingerprint density at radius 1 is 1.24 bits per heavy atom. The fraction of sp³-hybridized carbons (Fsp3) is 0.421. The van der Waals surface area contributed by atoms with Gasteiger partial charge >= 0.3 is 6.03 Å². The zero-order valence-electron chi connectivity index (χ0n) is 14.3. The maximum atomic E-state index is 12.7. The summed E-state index contributed by atoms with van der Waals surface area (Å²) in [4.78, 5) is 34.7. The molecule has 2 N–H and O–H groups in total. The number of aromatic amines is 1. The molecule has 2 aliphatic heterocycles. The summed E-state index contributed by atoms with van der Waals surface area (Å²) in [7, 11) is 0. The zero-order valence-corrected chi connectivity index (χ0v) is 14.3. The summed E-state index contributed by atoms with van der Waals surface area (Å²) in [6.45, 7) is 2.53. The van der Waals surface area contributed by atoms with Gasteiger partial charge in [0.2, 0.25) is 0 Å². The number of carbonyl (C=O) groups is 1. The summed E-state index contributed by atoms with van der Waals surface area (Å²) in [6.07, 6.45) is 3.14. The van der Waals surface area contributed by atoms with Crippen LogP contribution in [0.15, 0.2) is 35.1 Å². The Hall–Kier alpha value is -2.63. The van der Waals surface area contributed by atoms with Crippen LogP contribution < -0.4 is 10.9 Å². The van der Waals surface area contributed by atoms with Gasteiger partial charge in [0.1, 0.15) is 5.82 Å². The summed E-state index contributed by atoms with van der Waals surface area (Å²) in [6, 6.07) is 9.86. The molecular formula is C19H22N4O2. The van der Waals surface area contributed by atoms with Crippen molar-refractivity contribution < 1.29 is 4.79 Å². The lowest BCUT2D eigenvalue weighted by atomic mass is 9.98. The van der Waals surface area contributed by atoms with E-state index in [4.69, 9.17) is 4.98 Å². The largest absolute Gasteiger partial charge is 0.338 e. The first kappa shape index (κ1) is 15.9. The number of amides is 2. The Bertz CT molecular complexity index is 846. The molecule has 6 nitrogen and oxygen atoms in total. The molecule has 2 aliphatic rings. The number of rotatable bonds is 2. The standard InChI is InChI=1S/C19H22N4O2/c1-2-20-19(25)23-13-8-9-14(23)11-16-15(10-13)18(24)22-17(21-16)12-6-4-3-5-7-12/h3-7,13-14H,2,8-11H2,1H3,(H,20,25)(H,21,22,24)/t13-,14+/m1/s1. The van der Waals surface area contributed by atoms with Crippen molar-refractivity contribution in [3.05, 3.63) is 51.9 Å². The number of H-pyrrole nitrogens is 1. The maximum Gasteiger partial charge on any atom is 0.317 e. The molecule has 1 aromatic heterocycles. The first-order valence-corrected chi connectivity index (χ1v) is 8.91. The van der Waals surface area contributed by atoms with E-state index in [1.165, 1.54) is 0 Å². The molecule has 0 spiro atoms. The molecular weight excluding hydrogens is 316 g/mol. The van der Waals surface area contributed by atoms with Gasteiger partial charge in [-0.25, -0.2) is 9.78 Å². The van der Waals surface area contributed by atoms with Crippen molar-refractivity contribution in [2.24, 2.45) is 0 Å². The number of nitrogens with one attached hydrogen (secondary N) is 2. The predicted molar refractivity (Wildman–Crippen MR) is 95.4 cm³/mol. The Labute approximate surface area is 146 Å². The van der Waals surface area contributed by atoms with E-state index in [0.717, 1.165) is 29.7 Å². The van der Waals surface area contributed by atoms with E-state index in [1.54, 1.807) is 0 Å². The van der Waals surface area contributed by atoms with Crippen molar-refractivity contribution in [3.8, 4) is 11.4 Å². The van der Waals surface area contributed by atoms with Crippen LogP contribution in [0.3, 0.4) is 0 Å². The summed E-state index contributed by atoms with van der Waals surface area (Å²) >= 11 is 0. The molecule has 4 rings (SSSR count). The van der Waals surface area contributed by atoms with E-state index >= 15 is 0 Å². The lowest BCUT2D eigenvalue weighted by molar-refractivity contribution is 0.174. The van der Waals surface area contributed by atoms with Crippen molar-refractivity contribution in [2.75, 3.05) is 6.54 Å². The van der Waals surface area contributed by atoms with E-state index < -0.39 is 0 Å². The molecule has 25 heavy (non-hydrogen) atoms. The highest BCUT2D eigenvalue weighted by Gasteiger charge is 2.40. The lowest BCUT2D eigenvalue weighted by Gasteiger charge is -2.28. The lowest BCUT2D eigenvalue weighted by Crippen LogP contribution is -2.47. The summed E-state index contributed by atoms with van der Waals surface area (Å²) < 4.78 is 0. The SMILES string of the molecule is CCNC(=O)N1[C@@H]2CC[C@H]1Cc1nc(-c3ccccc3)[nH]c(=O)c1C2. The van der Waals surface area contributed by atoms with Crippen LogP contribution in [0.2, 0.25) is 0 Å². The van der Waals surface area contributed by atoms with E-state index in [9.17, 15) is 9.59 Å². The topological polar surface area (TPSA) is 78.1 Å². The highest BCUT2D eigenvalue weighted by atomic mass is 16.2. The van der Waals surface area contributed by atoms with Crippen LogP contribution in [0.5, 0.6) is 0 Å². The minimum absolute atomic E-state index is 0.0254. The highest BCUT2D eigenvalue weighted by molar-refractivity contribution is 5.75. The number of fused-ring (bicyclic) bond motifs is 3.